The highest BCUT2D eigenvalue weighted by Crippen LogP contribution is 2.35. The number of rotatable bonds is 19. The average molecular weight is 1010 g/mol. The van der Waals surface area contributed by atoms with E-state index < -0.39 is 17.2 Å². The first-order valence-corrected chi connectivity index (χ1v) is 26.7. The van der Waals surface area contributed by atoms with Gasteiger partial charge in [-0.2, -0.15) is 0 Å². The van der Waals surface area contributed by atoms with Gasteiger partial charge in [-0.15, -0.1) is 0 Å². The first kappa shape index (κ1) is 53.6. The Hall–Kier alpha value is -5.69. The van der Waals surface area contributed by atoms with Crippen LogP contribution in [-0.2, 0) is 32.0 Å². The number of likely N-dealkylation sites (tertiary alicyclic amines) is 2. The third kappa shape index (κ3) is 13.7. The first-order valence-electron chi connectivity index (χ1n) is 26.7. The van der Waals surface area contributed by atoms with Crippen LogP contribution < -0.4 is 30.7 Å². The maximum Gasteiger partial charge on any atom is 0.240 e. The van der Waals surface area contributed by atoms with E-state index in [0.29, 0.717) is 94.0 Å². The van der Waals surface area contributed by atoms with E-state index in [0.717, 1.165) is 114 Å². The molecule has 5 fully saturated rings. The van der Waals surface area contributed by atoms with E-state index in [1.807, 2.05) is 29.9 Å². The van der Waals surface area contributed by atoms with E-state index in [4.69, 9.17) is 0 Å². The summed E-state index contributed by atoms with van der Waals surface area (Å²) >= 11 is 0. The highest BCUT2D eigenvalue weighted by Gasteiger charge is 2.42. The number of carbonyl (C=O) groups is 5. The van der Waals surface area contributed by atoms with Crippen molar-refractivity contribution in [2.75, 3.05) is 119 Å². The van der Waals surface area contributed by atoms with E-state index in [1.165, 1.54) is 18.5 Å². The Morgan fingerprint density at radius 2 is 1.60 bits per heavy atom. The maximum absolute atomic E-state index is 15.7. The van der Waals surface area contributed by atoms with Crippen molar-refractivity contribution in [1.82, 2.24) is 35.3 Å². The molecular weight excluding hydrogens is 931 g/mol. The number of anilines is 4. The Morgan fingerprint density at radius 3 is 2.30 bits per heavy atom. The largest absolute Gasteiger partial charge is 0.369 e. The summed E-state index contributed by atoms with van der Waals surface area (Å²) in [7, 11) is 1.61. The molecule has 5 aliphatic rings. The average Bonchev–Trinajstić information content (AvgIpc) is 3.38. The van der Waals surface area contributed by atoms with Crippen LogP contribution in [0, 0.1) is 23.0 Å². The van der Waals surface area contributed by atoms with Gasteiger partial charge in [0.25, 0.3) is 0 Å². The van der Waals surface area contributed by atoms with Crippen molar-refractivity contribution in [3.63, 3.8) is 0 Å². The van der Waals surface area contributed by atoms with Gasteiger partial charge < -0.3 is 40.3 Å². The lowest BCUT2D eigenvalue weighted by atomic mass is 9.39. The summed E-state index contributed by atoms with van der Waals surface area (Å²) in [5.41, 5.74) is 2.76. The minimum Gasteiger partial charge on any atom is -0.369 e. The zero-order valence-corrected chi connectivity index (χ0v) is 43.5. The predicted octanol–water partition coefficient (Wildman–Crippen LogP) is 5.33. The molecule has 3 amide bonds. The molecule has 0 saturated carbocycles. The van der Waals surface area contributed by atoms with Gasteiger partial charge in [-0.05, 0) is 106 Å². The van der Waals surface area contributed by atoms with Gasteiger partial charge in [-0.1, -0.05) is 20.7 Å². The van der Waals surface area contributed by atoms with Crippen LogP contribution in [0.4, 0.5) is 31.8 Å². The van der Waals surface area contributed by atoms with Crippen LogP contribution in [0.1, 0.15) is 93.1 Å². The Labute approximate surface area is 430 Å². The summed E-state index contributed by atoms with van der Waals surface area (Å²) < 4.78 is 31.2. The first-order chi connectivity index (χ1) is 35.1. The van der Waals surface area contributed by atoms with Crippen LogP contribution in [0.2, 0.25) is 12.6 Å². The summed E-state index contributed by atoms with van der Waals surface area (Å²) in [6, 6.07) is 10.4. The van der Waals surface area contributed by atoms with Crippen molar-refractivity contribution in [2.24, 2.45) is 11.3 Å². The Kier molecular flexibility index (Phi) is 17.7. The van der Waals surface area contributed by atoms with Gasteiger partial charge in [0.05, 0.1) is 17.8 Å². The molecule has 73 heavy (non-hydrogen) atoms. The lowest BCUT2D eigenvalue weighted by Gasteiger charge is -2.48. The molecule has 5 aliphatic heterocycles. The Morgan fingerprint density at radius 1 is 0.863 bits per heavy atom. The highest BCUT2D eigenvalue weighted by atomic mass is 19.1. The number of nitrogens with one attached hydrogen (secondary N) is 3. The Bertz CT molecular complexity index is 2420. The highest BCUT2D eigenvalue weighted by molar-refractivity contribution is 6.62. The van der Waals surface area contributed by atoms with Gasteiger partial charge in [0.1, 0.15) is 42.2 Å². The normalized spacial score (nSPS) is 20.1. The van der Waals surface area contributed by atoms with Crippen LogP contribution in [0.25, 0.3) is 0 Å². The molecule has 3 N–H and O–H groups in total. The zero-order valence-electron chi connectivity index (χ0n) is 43.5. The molecule has 394 valence electrons. The molecule has 1 atom stereocenters. The molecule has 3 aromatic rings. The van der Waals surface area contributed by atoms with Crippen LogP contribution in [0.15, 0.2) is 42.7 Å². The van der Waals surface area contributed by atoms with Crippen molar-refractivity contribution in [2.45, 2.75) is 103 Å². The molecule has 8 rings (SSSR count). The second-order valence-electron chi connectivity index (χ2n) is 22.2. The molecule has 6 heterocycles. The fourth-order valence-electron chi connectivity index (χ4n) is 11.8. The van der Waals surface area contributed by atoms with E-state index >= 15 is 8.78 Å². The molecule has 16 nitrogen and oxygen atoms in total. The summed E-state index contributed by atoms with van der Waals surface area (Å²) in [5.74, 6) is 0.456. The fourth-order valence-corrected chi connectivity index (χ4v) is 11.8. The van der Waals surface area contributed by atoms with Crippen molar-refractivity contribution < 1.29 is 32.8 Å². The minimum atomic E-state index is -0.589. The number of hydrogen-bond acceptors (Lipinski definition) is 13. The number of halogens is 2. The maximum atomic E-state index is 15.7. The monoisotopic (exact) mass is 1010 g/mol. The van der Waals surface area contributed by atoms with E-state index in [2.05, 4.69) is 65.4 Å². The van der Waals surface area contributed by atoms with Crippen molar-refractivity contribution in [3.8, 4) is 0 Å². The third-order valence-corrected chi connectivity index (χ3v) is 16.5. The van der Waals surface area contributed by atoms with Crippen LogP contribution in [-0.4, -0.2) is 166 Å². The van der Waals surface area contributed by atoms with Gasteiger partial charge in [-0.25, -0.2) is 18.7 Å². The number of benzene rings is 2. The molecule has 1 unspecified atom stereocenters. The number of aldehydes is 2. The fraction of sp³-hybridized carbons (Fsp3) is 0.611. The number of piperazine rings is 2. The number of nitrogens with zero attached hydrogens (tertiary/aromatic N) is 8. The zero-order chi connectivity index (χ0) is 51.7. The lowest BCUT2D eigenvalue weighted by molar-refractivity contribution is -0.132. The van der Waals surface area contributed by atoms with Crippen LogP contribution in [0.3, 0.4) is 0 Å². The van der Waals surface area contributed by atoms with Gasteiger partial charge in [-0.3, -0.25) is 29.0 Å². The molecule has 0 aliphatic carbocycles. The molecule has 2 aromatic carbocycles. The number of hydrogen-bond donors (Lipinski definition) is 3. The standard InChI is InChI=1S/C54H76BF2N11O5/c1-53(2)12-19-63(20-13-53)34-42-29-46(57)47(30-45(42)56)68-35-50(71)62-54(37-68)14-21-66(22-15-54)49-31-48(60-38-61-49)59-16-9-51(72)67-17-10-39(11-18-67)33-64-23-25-65(26-24-64)43-8-7-40(36-70)41(28-43)32-55(3)44(6-5-27-69)52(73)58-4/h7-8,27-31,36,38-39,44H,5-6,9-26,32-35,37H2,1-4H3,(H,58,73)(H,62,71)(H,59,60,61). The second-order valence-corrected chi connectivity index (χ2v) is 22.2. The van der Waals surface area contributed by atoms with Gasteiger partial charge >= 0.3 is 0 Å². The molecule has 19 heteroatoms. The van der Waals surface area contributed by atoms with E-state index in [9.17, 15) is 24.0 Å². The number of piperidine rings is 3. The SMILES string of the molecule is CNC(=O)C(CCC=O)B(C)Cc1cc(N2CCN(CC3CCN(C(=O)CCNc4cc(N5CCC6(CC5)CN(c5cc(F)c(CN7CCC(C)(C)CC7)cc5F)CC(=O)N6)ncn4)CC3)CC2)ccc1C=O. The van der Waals surface area contributed by atoms with Gasteiger partial charge in [0.2, 0.25) is 17.7 Å². The quantitative estimate of drug-likeness (QED) is 0.104. The van der Waals surface area contributed by atoms with Crippen LogP contribution in [0.5, 0.6) is 0 Å². The van der Waals surface area contributed by atoms with Gasteiger partial charge in [0, 0.05) is 133 Å². The summed E-state index contributed by atoms with van der Waals surface area (Å²) in [6.45, 7) is 16.6. The summed E-state index contributed by atoms with van der Waals surface area (Å²) in [6.07, 6.45) is 10.1. The lowest BCUT2D eigenvalue weighted by Crippen LogP contribution is -2.66. The molecule has 1 spiro atoms. The molecule has 0 radical (unpaired) electrons. The third-order valence-electron chi connectivity index (χ3n) is 16.5. The van der Waals surface area contributed by atoms with Gasteiger partial charge in [0.15, 0.2) is 6.71 Å². The van der Waals surface area contributed by atoms with Crippen molar-refractivity contribution in [3.05, 3.63) is 71.1 Å². The molecule has 5 saturated heterocycles. The smallest absolute Gasteiger partial charge is 0.240 e. The minimum absolute atomic E-state index is 0.0355. The number of amides is 3. The number of carbonyl (C=O) groups excluding carboxylic acids is 5. The summed E-state index contributed by atoms with van der Waals surface area (Å²) in [5, 5.41) is 9.25. The molecular formula is C54H76BF2N11O5. The summed E-state index contributed by atoms with van der Waals surface area (Å²) in [4.78, 5) is 84.0. The molecule has 0 bridgehead atoms. The predicted molar refractivity (Wildman–Crippen MR) is 283 cm³/mol. The molecule has 1 aromatic heterocycles. The second kappa shape index (κ2) is 24.1. The van der Waals surface area contributed by atoms with Crippen LogP contribution >= 0.6 is 0 Å². The van der Waals surface area contributed by atoms with Crippen molar-refractivity contribution >= 4 is 60.0 Å². The van der Waals surface area contributed by atoms with E-state index in [-0.39, 0.29) is 47.9 Å². The number of aromatic nitrogens is 2. The Balaban J connectivity index is 0.745. The van der Waals surface area contributed by atoms with E-state index in [1.54, 1.807) is 11.9 Å². The van der Waals surface area contributed by atoms with Crippen molar-refractivity contribution in [1.29, 1.82) is 0 Å². The topological polar surface area (TPSA) is 167 Å².